The van der Waals surface area contributed by atoms with Gasteiger partial charge in [-0.2, -0.15) is 5.10 Å². The van der Waals surface area contributed by atoms with E-state index >= 15 is 0 Å². The maximum Gasteiger partial charge on any atom is 0.317 e. The Kier molecular flexibility index (Phi) is 5.36. The van der Waals surface area contributed by atoms with E-state index in [9.17, 15) is 4.79 Å². The molecule has 1 atom stereocenters. The number of likely N-dealkylation sites (tertiary alicyclic amines) is 1. The number of nitrogens with one attached hydrogen (secondary N) is 1. The second-order valence-electron chi connectivity index (χ2n) is 5.98. The standard InChI is InChI=1S/C18H24N4O2/c1-24-16-8-6-15(7-9-16)17-5-2-14-22(17)18(23)19-10-3-12-21-13-4-11-20-21/h4,6-9,11,13,17H,2-3,5,10,12,14H2,1H3,(H,19,23)/t17-/m1/s1. The van der Waals surface area contributed by atoms with Gasteiger partial charge in [0, 0.05) is 32.0 Å². The van der Waals surface area contributed by atoms with Crippen LogP contribution < -0.4 is 10.1 Å². The SMILES string of the molecule is COc1ccc([C@H]2CCCN2C(=O)NCCCn2cccn2)cc1. The first-order valence-electron chi connectivity index (χ1n) is 8.44. The Bertz CT molecular complexity index is 640. The van der Waals surface area contributed by atoms with E-state index in [1.165, 1.54) is 5.56 Å². The molecule has 1 fully saturated rings. The zero-order valence-electron chi connectivity index (χ0n) is 14.0. The van der Waals surface area contributed by atoms with Gasteiger partial charge in [-0.25, -0.2) is 4.79 Å². The smallest absolute Gasteiger partial charge is 0.317 e. The minimum Gasteiger partial charge on any atom is -0.497 e. The summed E-state index contributed by atoms with van der Waals surface area (Å²) in [6.45, 7) is 2.28. The molecule has 0 spiro atoms. The van der Waals surface area contributed by atoms with E-state index in [1.54, 1.807) is 13.3 Å². The van der Waals surface area contributed by atoms with Gasteiger partial charge in [-0.3, -0.25) is 4.68 Å². The number of aromatic nitrogens is 2. The molecule has 1 aromatic heterocycles. The average Bonchev–Trinajstić information content (AvgIpc) is 3.30. The number of aryl methyl sites for hydroxylation is 1. The summed E-state index contributed by atoms with van der Waals surface area (Å²) >= 11 is 0. The minimum absolute atomic E-state index is 0.0220. The highest BCUT2D eigenvalue weighted by Gasteiger charge is 2.29. The van der Waals surface area contributed by atoms with Crippen LogP contribution in [0.2, 0.25) is 0 Å². The molecule has 1 saturated heterocycles. The maximum atomic E-state index is 12.5. The van der Waals surface area contributed by atoms with Crippen LogP contribution in [0.15, 0.2) is 42.7 Å². The van der Waals surface area contributed by atoms with Crippen molar-refractivity contribution in [3.8, 4) is 5.75 Å². The molecule has 0 saturated carbocycles. The van der Waals surface area contributed by atoms with Crippen molar-refractivity contribution in [2.24, 2.45) is 0 Å². The summed E-state index contributed by atoms with van der Waals surface area (Å²) in [5, 5.41) is 7.19. The fourth-order valence-electron chi connectivity index (χ4n) is 3.15. The molecule has 6 heteroatoms. The van der Waals surface area contributed by atoms with E-state index in [-0.39, 0.29) is 12.1 Å². The van der Waals surface area contributed by atoms with Gasteiger partial charge in [0.2, 0.25) is 0 Å². The number of methoxy groups -OCH3 is 1. The summed E-state index contributed by atoms with van der Waals surface area (Å²) in [5.74, 6) is 0.839. The fourth-order valence-corrected chi connectivity index (χ4v) is 3.15. The average molecular weight is 328 g/mol. The summed E-state index contributed by atoms with van der Waals surface area (Å²) in [7, 11) is 1.66. The molecule has 2 aromatic rings. The summed E-state index contributed by atoms with van der Waals surface area (Å²) < 4.78 is 7.08. The molecule has 0 unspecified atom stereocenters. The van der Waals surface area contributed by atoms with Crippen LogP contribution in [0.1, 0.15) is 30.9 Å². The summed E-state index contributed by atoms with van der Waals surface area (Å²) in [4.78, 5) is 14.4. The molecular weight excluding hydrogens is 304 g/mol. The second-order valence-corrected chi connectivity index (χ2v) is 5.98. The molecular formula is C18H24N4O2. The number of benzene rings is 1. The Morgan fingerprint density at radius 3 is 2.92 bits per heavy atom. The van der Waals surface area contributed by atoms with E-state index < -0.39 is 0 Å². The molecule has 1 aromatic carbocycles. The van der Waals surface area contributed by atoms with E-state index in [0.29, 0.717) is 6.54 Å². The van der Waals surface area contributed by atoms with Gasteiger partial charge in [-0.05, 0) is 43.0 Å². The number of amides is 2. The number of rotatable bonds is 6. The first-order valence-corrected chi connectivity index (χ1v) is 8.44. The molecule has 24 heavy (non-hydrogen) atoms. The number of carbonyl (C=O) groups excluding carboxylic acids is 1. The van der Waals surface area contributed by atoms with Crippen LogP contribution in [0.5, 0.6) is 5.75 Å². The van der Waals surface area contributed by atoms with Crippen LogP contribution in [0.25, 0.3) is 0 Å². The quantitative estimate of drug-likeness (QED) is 0.830. The molecule has 3 rings (SSSR count). The number of carbonyl (C=O) groups is 1. The van der Waals surface area contributed by atoms with Gasteiger partial charge in [-0.1, -0.05) is 12.1 Å². The van der Waals surface area contributed by atoms with Gasteiger partial charge in [0.1, 0.15) is 5.75 Å². The highest BCUT2D eigenvalue weighted by atomic mass is 16.5. The molecule has 0 radical (unpaired) electrons. The molecule has 2 amide bonds. The van der Waals surface area contributed by atoms with Crippen molar-refractivity contribution >= 4 is 6.03 Å². The predicted octanol–water partition coefficient (Wildman–Crippen LogP) is 2.83. The Morgan fingerprint density at radius 2 is 2.21 bits per heavy atom. The zero-order valence-corrected chi connectivity index (χ0v) is 14.0. The molecule has 1 aliphatic rings. The molecule has 1 aliphatic heterocycles. The normalized spacial score (nSPS) is 17.0. The van der Waals surface area contributed by atoms with E-state index in [0.717, 1.165) is 38.1 Å². The van der Waals surface area contributed by atoms with Crippen LogP contribution in [0, 0.1) is 0 Å². The Hall–Kier alpha value is -2.50. The maximum absolute atomic E-state index is 12.5. The molecule has 2 heterocycles. The van der Waals surface area contributed by atoms with Crippen molar-refractivity contribution in [1.82, 2.24) is 20.0 Å². The molecule has 0 bridgehead atoms. The Balaban J connectivity index is 1.51. The summed E-state index contributed by atoms with van der Waals surface area (Å²) in [6.07, 6.45) is 6.61. The second kappa shape index (κ2) is 7.86. The van der Waals surface area contributed by atoms with Crippen molar-refractivity contribution in [3.63, 3.8) is 0 Å². The third-order valence-corrected chi connectivity index (χ3v) is 4.41. The van der Waals surface area contributed by atoms with Gasteiger partial charge in [-0.15, -0.1) is 0 Å². The summed E-state index contributed by atoms with van der Waals surface area (Å²) in [6, 6.07) is 10.1. The third-order valence-electron chi connectivity index (χ3n) is 4.41. The number of urea groups is 1. The first-order chi connectivity index (χ1) is 11.8. The summed E-state index contributed by atoms with van der Waals surface area (Å²) in [5.41, 5.74) is 1.17. The number of hydrogen-bond acceptors (Lipinski definition) is 3. The predicted molar refractivity (Wildman–Crippen MR) is 91.9 cm³/mol. The van der Waals surface area contributed by atoms with Gasteiger partial charge >= 0.3 is 6.03 Å². The van der Waals surface area contributed by atoms with Crippen LogP contribution in [-0.2, 0) is 6.54 Å². The van der Waals surface area contributed by atoms with Crippen LogP contribution >= 0.6 is 0 Å². The van der Waals surface area contributed by atoms with Crippen LogP contribution in [-0.4, -0.2) is 40.9 Å². The number of nitrogens with zero attached hydrogens (tertiary/aromatic N) is 3. The fraction of sp³-hybridized carbons (Fsp3) is 0.444. The molecule has 1 N–H and O–H groups in total. The monoisotopic (exact) mass is 328 g/mol. The topological polar surface area (TPSA) is 59.4 Å². The number of hydrogen-bond donors (Lipinski definition) is 1. The van der Waals surface area contributed by atoms with Gasteiger partial charge in [0.25, 0.3) is 0 Å². The Morgan fingerprint density at radius 1 is 1.38 bits per heavy atom. The Labute approximate surface area is 142 Å². The van der Waals surface area contributed by atoms with Crippen LogP contribution in [0.3, 0.4) is 0 Å². The van der Waals surface area contributed by atoms with Gasteiger partial charge in [0.05, 0.1) is 13.2 Å². The zero-order chi connectivity index (χ0) is 16.8. The lowest BCUT2D eigenvalue weighted by atomic mass is 10.0. The lowest BCUT2D eigenvalue weighted by Gasteiger charge is -2.25. The van der Waals surface area contributed by atoms with Crippen LogP contribution in [0.4, 0.5) is 4.79 Å². The number of ether oxygens (including phenoxy) is 1. The first kappa shape index (κ1) is 16.4. The van der Waals surface area contributed by atoms with Crippen molar-refractivity contribution in [1.29, 1.82) is 0 Å². The van der Waals surface area contributed by atoms with Gasteiger partial charge in [0.15, 0.2) is 0 Å². The lowest BCUT2D eigenvalue weighted by molar-refractivity contribution is 0.192. The third kappa shape index (κ3) is 3.88. The van der Waals surface area contributed by atoms with Crippen molar-refractivity contribution in [2.45, 2.75) is 31.8 Å². The highest BCUT2D eigenvalue weighted by molar-refractivity contribution is 5.75. The largest absolute Gasteiger partial charge is 0.497 e. The van der Waals surface area contributed by atoms with Gasteiger partial charge < -0.3 is 15.0 Å². The minimum atomic E-state index is 0.0220. The lowest BCUT2D eigenvalue weighted by Crippen LogP contribution is -2.40. The van der Waals surface area contributed by atoms with Crippen molar-refractivity contribution in [3.05, 3.63) is 48.3 Å². The molecule has 0 aliphatic carbocycles. The van der Waals surface area contributed by atoms with E-state index in [4.69, 9.17) is 4.74 Å². The van der Waals surface area contributed by atoms with Crippen molar-refractivity contribution < 1.29 is 9.53 Å². The van der Waals surface area contributed by atoms with E-state index in [2.05, 4.69) is 10.4 Å². The molecule has 6 nitrogen and oxygen atoms in total. The van der Waals surface area contributed by atoms with E-state index in [1.807, 2.05) is 46.1 Å². The van der Waals surface area contributed by atoms with Crippen molar-refractivity contribution in [2.75, 3.05) is 20.2 Å². The highest BCUT2D eigenvalue weighted by Crippen LogP contribution is 2.32. The molecule has 128 valence electrons.